The van der Waals surface area contributed by atoms with Crippen LogP contribution in [0.5, 0.6) is 5.75 Å². The lowest BCUT2D eigenvalue weighted by Gasteiger charge is -2.08. The maximum Gasteiger partial charge on any atom is 0.205 e. The molecule has 29 heavy (non-hydrogen) atoms. The van der Waals surface area contributed by atoms with Crippen molar-refractivity contribution in [1.29, 1.82) is 5.26 Å². The second-order valence-corrected chi connectivity index (χ2v) is 7.59. The highest BCUT2D eigenvalue weighted by Gasteiger charge is 2.09. The van der Waals surface area contributed by atoms with E-state index in [4.69, 9.17) is 10.00 Å². The summed E-state index contributed by atoms with van der Waals surface area (Å²) in [6, 6.07) is 7.79. The largest absolute Gasteiger partial charge is 0.497 e. The van der Waals surface area contributed by atoms with Gasteiger partial charge in [0.1, 0.15) is 10.8 Å². The van der Waals surface area contributed by atoms with Gasteiger partial charge in [0, 0.05) is 12.3 Å². The zero-order valence-corrected chi connectivity index (χ0v) is 17.9. The number of H-pyrrole nitrogens is 1. The Kier molecular flexibility index (Phi) is 9.66. The molecule has 2 rings (SSSR count). The molecule has 0 atom stereocenters. The number of guanidine groups is 1. The number of aromatic nitrogens is 2. The molecular formula is C21H28N6OS. The van der Waals surface area contributed by atoms with E-state index in [0.29, 0.717) is 18.4 Å². The number of aromatic amines is 1. The average molecular weight is 413 g/mol. The Morgan fingerprint density at radius 2 is 2.17 bits per heavy atom. The van der Waals surface area contributed by atoms with Gasteiger partial charge < -0.3 is 15.0 Å². The lowest BCUT2D eigenvalue weighted by Crippen LogP contribution is -2.35. The SMILES string of the molecule is COc1ccc(C=CCN=C(NC#N)NCCCSc2nc[nH]c2C(C)C)cc1. The number of thioether (sulfide) groups is 1. The van der Waals surface area contributed by atoms with Crippen LogP contribution in [0.3, 0.4) is 0 Å². The molecule has 154 valence electrons. The Hall–Kier alpha value is -2.92. The molecule has 3 N–H and O–H groups in total. The van der Waals surface area contributed by atoms with Crippen molar-refractivity contribution in [2.45, 2.75) is 31.2 Å². The van der Waals surface area contributed by atoms with E-state index < -0.39 is 0 Å². The van der Waals surface area contributed by atoms with E-state index in [-0.39, 0.29) is 0 Å². The topological polar surface area (TPSA) is 98.1 Å². The zero-order chi connectivity index (χ0) is 20.9. The summed E-state index contributed by atoms with van der Waals surface area (Å²) in [7, 11) is 1.65. The van der Waals surface area contributed by atoms with Gasteiger partial charge in [-0.15, -0.1) is 11.8 Å². The third-order valence-corrected chi connectivity index (χ3v) is 5.11. The van der Waals surface area contributed by atoms with E-state index in [1.165, 1.54) is 5.69 Å². The van der Waals surface area contributed by atoms with Crippen LogP contribution in [0.2, 0.25) is 0 Å². The minimum absolute atomic E-state index is 0.433. The summed E-state index contributed by atoms with van der Waals surface area (Å²) in [5, 5.41) is 15.7. The van der Waals surface area contributed by atoms with Crippen LogP contribution in [0.4, 0.5) is 0 Å². The molecule has 1 aromatic heterocycles. The number of nitrogens with zero attached hydrogens (tertiary/aromatic N) is 3. The minimum atomic E-state index is 0.433. The highest BCUT2D eigenvalue weighted by molar-refractivity contribution is 7.99. The summed E-state index contributed by atoms with van der Waals surface area (Å²) in [4.78, 5) is 12.0. The van der Waals surface area contributed by atoms with Crippen LogP contribution in [0.1, 0.15) is 37.4 Å². The monoisotopic (exact) mass is 412 g/mol. The Morgan fingerprint density at radius 3 is 2.86 bits per heavy atom. The lowest BCUT2D eigenvalue weighted by atomic mass is 10.2. The van der Waals surface area contributed by atoms with Gasteiger partial charge in [0.25, 0.3) is 0 Å². The normalized spacial score (nSPS) is 11.6. The highest BCUT2D eigenvalue weighted by atomic mass is 32.2. The van der Waals surface area contributed by atoms with Crippen LogP contribution in [-0.2, 0) is 0 Å². The second-order valence-electron chi connectivity index (χ2n) is 6.51. The first kappa shape index (κ1) is 22.4. The van der Waals surface area contributed by atoms with E-state index in [0.717, 1.165) is 35.1 Å². The highest BCUT2D eigenvalue weighted by Crippen LogP contribution is 2.25. The van der Waals surface area contributed by atoms with Crippen molar-refractivity contribution in [1.82, 2.24) is 20.6 Å². The van der Waals surface area contributed by atoms with Crippen molar-refractivity contribution in [2.75, 3.05) is 26.0 Å². The zero-order valence-electron chi connectivity index (χ0n) is 17.1. The van der Waals surface area contributed by atoms with E-state index in [1.807, 2.05) is 42.6 Å². The number of hydrogen-bond donors (Lipinski definition) is 3. The molecule has 0 bridgehead atoms. The van der Waals surface area contributed by atoms with Crippen LogP contribution in [0.25, 0.3) is 6.08 Å². The van der Waals surface area contributed by atoms with Gasteiger partial charge in [-0.2, -0.15) is 5.26 Å². The number of ether oxygens (including phenoxy) is 1. The van der Waals surface area contributed by atoms with Crippen LogP contribution in [0.15, 0.2) is 46.7 Å². The molecule has 7 nitrogen and oxygen atoms in total. The number of aliphatic imine (C=N–C) groups is 1. The van der Waals surface area contributed by atoms with Crippen molar-refractivity contribution in [3.8, 4) is 11.9 Å². The number of nitriles is 1. The molecule has 0 fully saturated rings. The first-order chi connectivity index (χ1) is 14.1. The number of methoxy groups -OCH3 is 1. The average Bonchev–Trinajstić information content (AvgIpc) is 3.20. The van der Waals surface area contributed by atoms with Crippen molar-refractivity contribution in [2.24, 2.45) is 4.99 Å². The molecule has 0 amide bonds. The fourth-order valence-corrected chi connectivity index (χ4v) is 3.57. The maximum atomic E-state index is 8.90. The Morgan fingerprint density at radius 1 is 1.38 bits per heavy atom. The third kappa shape index (κ3) is 7.92. The maximum absolute atomic E-state index is 8.90. The predicted octanol–water partition coefficient (Wildman–Crippen LogP) is 3.75. The van der Waals surface area contributed by atoms with E-state index >= 15 is 0 Å². The summed E-state index contributed by atoms with van der Waals surface area (Å²) < 4.78 is 5.15. The molecule has 1 heterocycles. The Balaban J connectivity index is 1.73. The van der Waals surface area contributed by atoms with Gasteiger partial charge in [0.2, 0.25) is 5.96 Å². The number of hydrogen-bond acceptors (Lipinski definition) is 5. The summed E-state index contributed by atoms with van der Waals surface area (Å²) >= 11 is 1.74. The summed E-state index contributed by atoms with van der Waals surface area (Å²) in [6.07, 6.45) is 8.54. The Labute approximate surface area is 176 Å². The first-order valence-electron chi connectivity index (χ1n) is 9.54. The van der Waals surface area contributed by atoms with Crippen LogP contribution in [-0.4, -0.2) is 41.9 Å². The van der Waals surface area contributed by atoms with Gasteiger partial charge in [-0.1, -0.05) is 38.1 Å². The first-order valence-corrected chi connectivity index (χ1v) is 10.5. The molecule has 0 saturated heterocycles. The number of rotatable bonds is 10. The molecule has 0 aliphatic heterocycles. The molecule has 8 heteroatoms. The molecule has 0 unspecified atom stereocenters. The molecule has 1 aromatic carbocycles. The van der Waals surface area contributed by atoms with Gasteiger partial charge in [-0.05, 0) is 30.0 Å². The van der Waals surface area contributed by atoms with Gasteiger partial charge in [-0.25, -0.2) is 9.98 Å². The standard InChI is InChI=1S/C21H28N6OS/c1-16(2)19-20(27-15-26-19)29-13-5-12-24-21(25-14-22)23-11-4-6-17-7-9-18(28-3)10-8-17/h4,6-10,15-16H,5,11-13H2,1-3H3,(H,26,27)(H2,23,24,25). The number of benzene rings is 1. The van der Waals surface area contributed by atoms with Crippen molar-refractivity contribution < 1.29 is 4.74 Å². The molecule has 2 aromatic rings. The number of nitrogens with one attached hydrogen (secondary N) is 3. The van der Waals surface area contributed by atoms with Gasteiger partial charge in [0.05, 0.1) is 25.7 Å². The van der Waals surface area contributed by atoms with Crippen molar-refractivity contribution in [3.63, 3.8) is 0 Å². The van der Waals surface area contributed by atoms with Crippen LogP contribution < -0.4 is 15.4 Å². The summed E-state index contributed by atoms with van der Waals surface area (Å²) in [6.45, 7) is 5.50. The predicted molar refractivity (Wildman–Crippen MR) is 119 cm³/mol. The van der Waals surface area contributed by atoms with Gasteiger partial charge in [-0.3, -0.25) is 5.32 Å². The third-order valence-electron chi connectivity index (χ3n) is 4.02. The van der Waals surface area contributed by atoms with E-state index in [9.17, 15) is 0 Å². The summed E-state index contributed by atoms with van der Waals surface area (Å²) in [5.74, 6) is 2.69. The van der Waals surface area contributed by atoms with Crippen LogP contribution >= 0.6 is 11.8 Å². The van der Waals surface area contributed by atoms with Crippen molar-refractivity contribution >= 4 is 23.8 Å². The molecule has 0 aliphatic carbocycles. The van der Waals surface area contributed by atoms with E-state index in [1.54, 1.807) is 25.2 Å². The number of imidazole rings is 1. The lowest BCUT2D eigenvalue weighted by molar-refractivity contribution is 0.415. The smallest absolute Gasteiger partial charge is 0.205 e. The minimum Gasteiger partial charge on any atom is -0.497 e. The molecule has 0 spiro atoms. The van der Waals surface area contributed by atoms with E-state index in [2.05, 4.69) is 39.4 Å². The summed E-state index contributed by atoms with van der Waals surface area (Å²) in [5.41, 5.74) is 2.25. The van der Waals surface area contributed by atoms with Gasteiger partial charge >= 0.3 is 0 Å². The molecule has 0 radical (unpaired) electrons. The fraction of sp³-hybridized carbons (Fsp3) is 0.381. The fourth-order valence-electron chi connectivity index (χ4n) is 2.51. The Bertz CT molecular complexity index is 836. The molecule has 0 saturated carbocycles. The quantitative estimate of drug-likeness (QED) is 0.137. The van der Waals surface area contributed by atoms with Crippen LogP contribution in [0, 0.1) is 11.5 Å². The van der Waals surface area contributed by atoms with Gasteiger partial charge in [0.15, 0.2) is 6.19 Å². The van der Waals surface area contributed by atoms with Crippen molar-refractivity contribution in [3.05, 3.63) is 47.9 Å². The molecular weight excluding hydrogens is 384 g/mol. The second kappa shape index (κ2) is 12.5. The molecule has 0 aliphatic rings.